The number of amides is 2. The second-order valence-corrected chi connectivity index (χ2v) is 8.01. The van der Waals surface area contributed by atoms with E-state index in [9.17, 15) is 9.59 Å². The Bertz CT molecular complexity index is 1060. The molecule has 1 aromatic heterocycles. The molecule has 0 atom stereocenters. The molecule has 2 N–H and O–H groups in total. The van der Waals surface area contributed by atoms with Crippen molar-refractivity contribution in [3.05, 3.63) is 83.7 Å². The summed E-state index contributed by atoms with van der Waals surface area (Å²) in [6, 6.07) is 20.9. The number of hydrogen-bond acceptors (Lipinski definition) is 3. The molecule has 2 aromatic carbocycles. The predicted octanol–water partition coefficient (Wildman–Crippen LogP) is 5.37. The van der Waals surface area contributed by atoms with Gasteiger partial charge in [0.1, 0.15) is 5.69 Å². The zero-order valence-corrected chi connectivity index (χ0v) is 17.7. The topological polar surface area (TPSA) is 71.1 Å². The summed E-state index contributed by atoms with van der Waals surface area (Å²) < 4.78 is 0. The zero-order valence-electron chi connectivity index (χ0n) is 17.7. The van der Waals surface area contributed by atoms with Crippen LogP contribution in [-0.4, -0.2) is 22.8 Å². The molecule has 0 saturated heterocycles. The van der Waals surface area contributed by atoms with E-state index >= 15 is 0 Å². The molecule has 0 bridgehead atoms. The summed E-state index contributed by atoms with van der Waals surface area (Å²) in [5.41, 5.74) is 3.64. The van der Waals surface area contributed by atoms with Gasteiger partial charge in [-0.05, 0) is 49.1 Å². The Labute approximate surface area is 182 Å². The molecule has 3 aromatic rings. The molecule has 5 heteroatoms. The lowest BCUT2D eigenvalue weighted by atomic mass is 9.95. The van der Waals surface area contributed by atoms with Gasteiger partial charge in [0, 0.05) is 11.7 Å². The Morgan fingerprint density at radius 2 is 1.52 bits per heavy atom. The molecule has 4 rings (SSSR count). The van der Waals surface area contributed by atoms with Crippen LogP contribution in [0.15, 0.2) is 66.7 Å². The fraction of sp³-hybridized carbons (Fsp3) is 0.269. The first-order valence-electron chi connectivity index (χ1n) is 10.9. The highest BCUT2D eigenvalue weighted by Crippen LogP contribution is 2.28. The summed E-state index contributed by atoms with van der Waals surface area (Å²) in [6.07, 6.45) is 5.53. The number of aromatic nitrogens is 1. The molecule has 1 aliphatic carbocycles. The third kappa shape index (κ3) is 5.00. The summed E-state index contributed by atoms with van der Waals surface area (Å²) in [5.74, 6) is -0.420. The molecule has 0 spiro atoms. The van der Waals surface area contributed by atoms with E-state index in [1.54, 1.807) is 13.0 Å². The molecule has 1 aliphatic rings. The number of aryl methyl sites for hydroxylation is 1. The Morgan fingerprint density at radius 1 is 0.871 bits per heavy atom. The molecular weight excluding hydrogens is 386 g/mol. The number of nitrogens with one attached hydrogen (secondary N) is 2. The first kappa shape index (κ1) is 20.8. The maximum Gasteiger partial charge on any atom is 0.270 e. The van der Waals surface area contributed by atoms with Crippen molar-refractivity contribution >= 4 is 17.5 Å². The summed E-state index contributed by atoms with van der Waals surface area (Å²) in [5, 5.41) is 6.07. The highest BCUT2D eigenvalue weighted by Gasteiger charge is 2.23. The Morgan fingerprint density at radius 3 is 2.19 bits per heavy atom. The van der Waals surface area contributed by atoms with Gasteiger partial charge in [-0.3, -0.25) is 9.59 Å². The largest absolute Gasteiger partial charge is 0.348 e. The van der Waals surface area contributed by atoms with Crippen LogP contribution in [-0.2, 0) is 0 Å². The van der Waals surface area contributed by atoms with Gasteiger partial charge in [-0.2, -0.15) is 0 Å². The van der Waals surface area contributed by atoms with E-state index < -0.39 is 0 Å². The summed E-state index contributed by atoms with van der Waals surface area (Å²) in [7, 11) is 0. The number of hydrogen-bond donors (Lipinski definition) is 2. The van der Waals surface area contributed by atoms with Crippen molar-refractivity contribution in [2.75, 3.05) is 5.32 Å². The lowest BCUT2D eigenvalue weighted by Gasteiger charge is -2.23. The van der Waals surface area contributed by atoms with Gasteiger partial charge in [0.2, 0.25) is 0 Å². The Kier molecular flexibility index (Phi) is 6.41. The number of pyridine rings is 1. The first-order chi connectivity index (χ1) is 15.1. The molecule has 5 nitrogen and oxygen atoms in total. The molecule has 1 heterocycles. The molecule has 0 unspecified atom stereocenters. The van der Waals surface area contributed by atoms with Crippen molar-refractivity contribution in [1.29, 1.82) is 0 Å². The highest BCUT2D eigenvalue weighted by atomic mass is 16.2. The number of nitrogens with zero attached hydrogens (tertiary/aromatic N) is 1. The number of carbonyl (C=O) groups excluding carboxylic acids is 2. The number of para-hydroxylation sites is 1. The Hall–Kier alpha value is -3.47. The average Bonchev–Trinajstić information content (AvgIpc) is 2.80. The van der Waals surface area contributed by atoms with E-state index in [1.807, 2.05) is 60.7 Å². The van der Waals surface area contributed by atoms with Crippen molar-refractivity contribution in [3.63, 3.8) is 0 Å². The van der Waals surface area contributed by atoms with Crippen molar-refractivity contribution in [2.45, 2.75) is 45.1 Å². The normalized spacial score (nSPS) is 14.1. The van der Waals surface area contributed by atoms with Gasteiger partial charge < -0.3 is 10.6 Å². The fourth-order valence-electron chi connectivity index (χ4n) is 4.14. The van der Waals surface area contributed by atoms with Gasteiger partial charge in [-0.25, -0.2) is 4.98 Å². The third-order valence-electron chi connectivity index (χ3n) is 5.72. The Balaban J connectivity index is 1.69. The van der Waals surface area contributed by atoms with Crippen LogP contribution in [0.25, 0.3) is 11.1 Å². The van der Waals surface area contributed by atoms with Crippen molar-refractivity contribution in [1.82, 2.24) is 10.3 Å². The molecule has 31 heavy (non-hydrogen) atoms. The molecule has 1 fully saturated rings. The zero-order chi connectivity index (χ0) is 21.6. The fourth-order valence-corrected chi connectivity index (χ4v) is 4.14. The van der Waals surface area contributed by atoms with Crippen LogP contribution in [0.1, 0.15) is 58.6 Å². The second kappa shape index (κ2) is 9.56. The predicted molar refractivity (Wildman–Crippen MR) is 123 cm³/mol. The minimum atomic E-state index is -0.241. The van der Waals surface area contributed by atoms with Crippen molar-refractivity contribution in [2.24, 2.45) is 0 Å². The van der Waals surface area contributed by atoms with Crippen LogP contribution in [0, 0.1) is 6.92 Å². The SMILES string of the molecule is Cc1nc(C(=O)NC2CCCCC2)cc(-c2ccccc2)c1C(=O)Nc1ccccc1. The number of rotatable bonds is 5. The summed E-state index contributed by atoms with van der Waals surface area (Å²) >= 11 is 0. The molecule has 158 valence electrons. The van der Waals surface area contributed by atoms with Crippen LogP contribution in [0.2, 0.25) is 0 Å². The number of anilines is 1. The van der Waals surface area contributed by atoms with Gasteiger partial charge in [0.25, 0.3) is 11.8 Å². The van der Waals surface area contributed by atoms with E-state index in [2.05, 4.69) is 15.6 Å². The van der Waals surface area contributed by atoms with Gasteiger partial charge in [0.05, 0.1) is 11.3 Å². The first-order valence-corrected chi connectivity index (χ1v) is 10.9. The third-order valence-corrected chi connectivity index (χ3v) is 5.72. The van der Waals surface area contributed by atoms with Crippen molar-refractivity contribution < 1.29 is 9.59 Å². The van der Waals surface area contributed by atoms with Gasteiger partial charge in [-0.15, -0.1) is 0 Å². The number of benzene rings is 2. The minimum Gasteiger partial charge on any atom is -0.348 e. The molecular formula is C26H27N3O2. The maximum atomic E-state index is 13.2. The lowest BCUT2D eigenvalue weighted by Crippen LogP contribution is -2.36. The smallest absolute Gasteiger partial charge is 0.270 e. The van der Waals surface area contributed by atoms with Crippen molar-refractivity contribution in [3.8, 4) is 11.1 Å². The highest BCUT2D eigenvalue weighted by molar-refractivity contribution is 6.10. The molecule has 2 amide bonds. The van der Waals surface area contributed by atoms with E-state index in [4.69, 9.17) is 0 Å². The van der Waals surface area contributed by atoms with Crippen LogP contribution < -0.4 is 10.6 Å². The monoisotopic (exact) mass is 413 g/mol. The van der Waals surface area contributed by atoms with E-state index in [0.717, 1.165) is 31.2 Å². The quantitative estimate of drug-likeness (QED) is 0.591. The van der Waals surface area contributed by atoms with Gasteiger partial charge >= 0.3 is 0 Å². The van der Waals surface area contributed by atoms with E-state index in [1.165, 1.54) is 6.42 Å². The van der Waals surface area contributed by atoms with Crippen LogP contribution in [0.3, 0.4) is 0 Å². The standard InChI is InChI=1S/C26H27N3O2/c1-18-24(26(31)29-21-15-9-4-10-16-21)22(19-11-5-2-6-12-19)17-23(27-18)25(30)28-20-13-7-3-8-14-20/h2,4-6,9-12,15-17,20H,3,7-8,13-14H2,1H3,(H,28,30)(H,29,31). The summed E-state index contributed by atoms with van der Waals surface area (Å²) in [4.78, 5) is 30.6. The lowest BCUT2D eigenvalue weighted by molar-refractivity contribution is 0.0920. The van der Waals surface area contributed by atoms with E-state index in [0.29, 0.717) is 28.2 Å². The van der Waals surface area contributed by atoms with Gasteiger partial charge in [0.15, 0.2) is 0 Å². The maximum absolute atomic E-state index is 13.2. The summed E-state index contributed by atoms with van der Waals surface area (Å²) in [6.45, 7) is 1.78. The van der Waals surface area contributed by atoms with Crippen LogP contribution in [0.5, 0.6) is 0 Å². The minimum absolute atomic E-state index is 0.179. The second-order valence-electron chi connectivity index (χ2n) is 8.01. The van der Waals surface area contributed by atoms with Crippen LogP contribution >= 0.6 is 0 Å². The number of carbonyl (C=O) groups is 2. The van der Waals surface area contributed by atoms with E-state index in [-0.39, 0.29) is 17.9 Å². The van der Waals surface area contributed by atoms with Gasteiger partial charge in [-0.1, -0.05) is 67.8 Å². The average molecular weight is 414 g/mol. The van der Waals surface area contributed by atoms with Crippen LogP contribution in [0.4, 0.5) is 5.69 Å². The molecule has 0 radical (unpaired) electrons. The molecule has 0 aliphatic heterocycles. The molecule has 1 saturated carbocycles.